The maximum absolute atomic E-state index is 11.1. The normalized spacial score (nSPS) is 12.1. The molecule has 0 unspecified atom stereocenters. The van der Waals surface area contributed by atoms with Crippen LogP contribution in [0.4, 0.5) is 0 Å². The molecule has 0 aromatic rings. The molecule has 0 aliphatic heterocycles. The van der Waals surface area contributed by atoms with Crippen LogP contribution in [-0.2, 0) is 9.59 Å². The minimum atomic E-state index is -0.552. The monoisotopic (exact) mass is 219 g/mol. The number of amides is 2. The fraction of sp³-hybridized carbons (Fsp3) is 0.750. The lowest BCUT2D eigenvalue weighted by atomic mass is 10.2. The number of nitrogens with two attached hydrogens (primary N) is 1. The minimum Gasteiger partial charge on any atom is -0.368 e. The molecule has 0 rings (SSSR count). The Morgan fingerprint density at radius 3 is 2.57 bits per heavy atom. The maximum Gasteiger partial charge on any atom is 0.240 e. The lowest BCUT2D eigenvalue weighted by Crippen LogP contribution is -2.47. The predicted molar refractivity (Wildman–Crippen MR) is 58.1 cm³/mol. The van der Waals surface area contributed by atoms with Gasteiger partial charge in [0.15, 0.2) is 0 Å². The molecule has 4 N–H and O–H groups in total. The van der Waals surface area contributed by atoms with Gasteiger partial charge in [0.1, 0.15) is 6.04 Å². The third-order valence-electron chi connectivity index (χ3n) is 1.63. The molecule has 0 bridgehead atoms. The fourth-order valence-corrected chi connectivity index (χ4v) is 1.40. The van der Waals surface area contributed by atoms with Gasteiger partial charge in [-0.3, -0.25) is 9.59 Å². The lowest BCUT2D eigenvalue weighted by Gasteiger charge is -2.14. The Labute approximate surface area is 88.2 Å². The molecule has 6 heteroatoms. The van der Waals surface area contributed by atoms with Crippen molar-refractivity contribution in [3.8, 4) is 0 Å². The van der Waals surface area contributed by atoms with Gasteiger partial charge in [-0.25, -0.2) is 0 Å². The van der Waals surface area contributed by atoms with E-state index in [4.69, 9.17) is 5.73 Å². The molecule has 0 saturated heterocycles. The van der Waals surface area contributed by atoms with Crippen LogP contribution in [0.1, 0.15) is 6.42 Å². The number of carbonyl (C=O) groups excluding carboxylic acids is 2. The van der Waals surface area contributed by atoms with E-state index in [2.05, 4.69) is 10.6 Å². The number of rotatable bonds is 7. The van der Waals surface area contributed by atoms with Crippen molar-refractivity contribution < 1.29 is 9.59 Å². The lowest BCUT2D eigenvalue weighted by molar-refractivity contribution is -0.126. The summed E-state index contributed by atoms with van der Waals surface area (Å²) in [5.74, 6) is 0.105. The van der Waals surface area contributed by atoms with Gasteiger partial charge in [0, 0.05) is 0 Å². The smallest absolute Gasteiger partial charge is 0.240 e. The van der Waals surface area contributed by atoms with Crippen LogP contribution in [0.2, 0.25) is 0 Å². The van der Waals surface area contributed by atoms with Crippen molar-refractivity contribution in [2.75, 3.05) is 25.6 Å². The van der Waals surface area contributed by atoms with Crippen molar-refractivity contribution in [1.82, 2.24) is 10.6 Å². The molecular weight excluding hydrogens is 202 g/mol. The first kappa shape index (κ1) is 13.2. The van der Waals surface area contributed by atoms with Crippen LogP contribution < -0.4 is 16.4 Å². The predicted octanol–water partition coefficient (Wildman–Crippen LogP) is -1.07. The topological polar surface area (TPSA) is 84.2 Å². The Bertz CT molecular complexity index is 199. The van der Waals surface area contributed by atoms with E-state index < -0.39 is 11.9 Å². The second-order valence-corrected chi connectivity index (χ2v) is 3.82. The highest BCUT2D eigenvalue weighted by atomic mass is 32.2. The summed E-state index contributed by atoms with van der Waals surface area (Å²) in [7, 11) is 1.67. The summed E-state index contributed by atoms with van der Waals surface area (Å²) in [4.78, 5) is 22.1. The maximum atomic E-state index is 11.1. The van der Waals surface area contributed by atoms with Crippen molar-refractivity contribution >= 4 is 23.6 Å². The van der Waals surface area contributed by atoms with Crippen LogP contribution >= 0.6 is 11.8 Å². The zero-order valence-electron chi connectivity index (χ0n) is 8.50. The van der Waals surface area contributed by atoms with Gasteiger partial charge in [0.2, 0.25) is 11.8 Å². The molecule has 82 valence electrons. The number of likely N-dealkylation sites (N-methyl/N-ethyl adjacent to an activating group) is 1. The number of nitrogens with one attached hydrogen (secondary N) is 2. The Morgan fingerprint density at radius 1 is 1.50 bits per heavy atom. The van der Waals surface area contributed by atoms with Gasteiger partial charge in [-0.2, -0.15) is 11.8 Å². The minimum absolute atomic E-state index is 0.197. The highest BCUT2D eigenvalue weighted by molar-refractivity contribution is 7.98. The molecule has 2 amide bonds. The van der Waals surface area contributed by atoms with Crippen molar-refractivity contribution in [2.45, 2.75) is 12.5 Å². The van der Waals surface area contributed by atoms with Crippen molar-refractivity contribution in [3.05, 3.63) is 0 Å². The second-order valence-electron chi connectivity index (χ2n) is 2.83. The van der Waals surface area contributed by atoms with Gasteiger partial charge >= 0.3 is 0 Å². The molecule has 14 heavy (non-hydrogen) atoms. The van der Waals surface area contributed by atoms with Crippen LogP contribution in [0, 0.1) is 0 Å². The van der Waals surface area contributed by atoms with Crippen LogP contribution in [-0.4, -0.2) is 43.5 Å². The van der Waals surface area contributed by atoms with Crippen molar-refractivity contribution in [2.24, 2.45) is 5.73 Å². The average Bonchev–Trinajstić information content (AvgIpc) is 2.12. The Morgan fingerprint density at radius 2 is 2.14 bits per heavy atom. The van der Waals surface area contributed by atoms with Crippen LogP contribution in [0.3, 0.4) is 0 Å². The second kappa shape index (κ2) is 7.64. The Kier molecular flexibility index (Phi) is 7.23. The molecule has 0 saturated carbocycles. The molecule has 0 heterocycles. The average molecular weight is 219 g/mol. The van der Waals surface area contributed by atoms with E-state index in [1.807, 2.05) is 6.26 Å². The van der Waals surface area contributed by atoms with E-state index in [0.29, 0.717) is 6.42 Å². The van der Waals surface area contributed by atoms with Gasteiger partial charge < -0.3 is 16.4 Å². The number of hydrogen-bond donors (Lipinski definition) is 3. The highest BCUT2D eigenvalue weighted by Gasteiger charge is 2.16. The van der Waals surface area contributed by atoms with E-state index >= 15 is 0 Å². The van der Waals surface area contributed by atoms with E-state index in [0.717, 1.165) is 5.75 Å². The largest absolute Gasteiger partial charge is 0.368 e. The number of thioether (sulfide) groups is 1. The van der Waals surface area contributed by atoms with Gasteiger partial charge in [-0.05, 0) is 25.5 Å². The summed E-state index contributed by atoms with van der Waals surface area (Å²) in [6, 6.07) is -0.552. The summed E-state index contributed by atoms with van der Waals surface area (Å²) < 4.78 is 0. The van der Waals surface area contributed by atoms with Gasteiger partial charge in [-0.15, -0.1) is 0 Å². The molecule has 0 fully saturated rings. The standard InChI is InChI=1S/C8H17N3O2S/c1-10-5-7(12)11-6(8(9)13)3-4-14-2/h6,10H,3-5H2,1-2H3,(H2,9,13)(H,11,12)/t6-/m0/s1. The van der Waals surface area contributed by atoms with Crippen molar-refractivity contribution in [1.29, 1.82) is 0 Å². The summed E-state index contributed by atoms with van der Waals surface area (Å²) in [6.45, 7) is 0.197. The van der Waals surface area contributed by atoms with Crippen LogP contribution in [0.15, 0.2) is 0 Å². The quantitative estimate of drug-likeness (QED) is 0.509. The molecule has 5 nitrogen and oxygen atoms in total. The molecular formula is C8H17N3O2S. The first-order chi connectivity index (χ1) is 6.61. The number of primary amides is 1. The number of hydrogen-bond acceptors (Lipinski definition) is 4. The molecule has 0 aliphatic rings. The van der Waals surface area contributed by atoms with Crippen LogP contribution in [0.5, 0.6) is 0 Å². The molecule has 0 spiro atoms. The van der Waals surface area contributed by atoms with E-state index in [1.54, 1.807) is 18.8 Å². The Hall–Kier alpha value is -0.750. The number of carbonyl (C=O) groups is 2. The summed E-state index contributed by atoms with van der Waals surface area (Å²) in [5.41, 5.74) is 5.14. The summed E-state index contributed by atoms with van der Waals surface area (Å²) in [6.07, 6.45) is 2.51. The summed E-state index contributed by atoms with van der Waals surface area (Å²) >= 11 is 1.61. The highest BCUT2D eigenvalue weighted by Crippen LogP contribution is 1.99. The molecule has 0 radical (unpaired) electrons. The van der Waals surface area contributed by atoms with Crippen LogP contribution in [0.25, 0.3) is 0 Å². The molecule has 0 aliphatic carbocycles. The SMILES string of the molecule is CNCC(=O)N[C@@H](CCSC)C(N)=O. The Balaban J connectivity index is 3.95. The zero-order valence-corrected chi connectivity index (χ0v) is 9.32. The molecule has 0 aromatic carbocycles. The summed E-state index contributed by atoms with van der Waals surface area (Å²) in [5, 5.41) is 5.26. The fourth-order valence-electron chi connectivity index (χ4n) is 0.927. The first-order valence-corrected chi connectivity index (χ1v) is 5.73. The molecule has 0 aromatic heterocycles. The van der Waals surface area contributed by atoms with E-state index in [9.17, 15) is 9.59 Å². The van der Waals surface area contributed by atoms with Gasteiger partial charge in [-0.1, -0.05) is 0 Å². The van der Waals surface area contributed by atoms with E-state index in [1.165, 1.54) is 0 Å². The van der Waals surface area contributed by atoms with Gasteiger partial charge in [0.05, 0.1) is 6.54 Å². The third kappa shape index (κ3) is 5.82. The molecule has 1 atom stereocenters. The van der Waals surface area contributed by atoms with Gasteiger partial charge in [0.25, 0.3) is 0 Å². The first-order valence-electron chi connectivity index (χ1n) is 4.34. The third-order valence-corrected chi connectivity index (χ3v) is 2.27. The zero-order chi connectivity index (χ0) is 11.0. The van der Waals surface area contributed by atoms with E-state index in [-0.39, 0.29) is 12.5 Å². The van der Waals surface area contributed by atoms with Crippen molar-refractivity contribution in [3.63, 3.8) is 0 Å².